The van der Waals surface area contributed by atoms with Crippen LogP contribution in [0.15, 0.2) is 18.3 Å². The van der Waals surface area contributed by atoms with Crippen molar-refractivity contribution < 1.29 is 30.5 Å². The fourth-order valence-electron chi connectivity index (χ4n) is 0.828. The lowest BCUT2D eigenvalue weighted by Gasteiger charge is -2.08. The van der Waals surface area contributed by atoms with E-state index in [1.165, 1.54) is 6.07 Å². The van der Waals surface area contributed by atoms with Gasteiger partial charge in [-0.2, -0.15) is 21.6 Å². The summed E-state index contributed by atoms with van der Waals surface area (Å²) in [7, 11) is -5.68. The molecule has 17 heavy (non-hydrogen) atoms. The molecule has 5 nitrogen and oxygen atoms in total. The van der Waals surface area contributed by atoms with Crippen LogP contribution in [-0.2, 0) is 10.1 Å². The molecule has 0 fully saturated rings. The molecule has 0 amide bonds. The van der Waals surface area contributed by atoms with E-state index >= 15 is 0 Å². The Labute approximate surface area is 95.3 Å². The average molecular weight is 271 g/mol. The minimum absolute atomic E-state index is 0.296. The summed E-state index contributed by atoms with van der Waals surface area (Å²) in [5, 5.41) is 0. The van der Waals surface area contributed by atoms with Gasteiger partial charge in [-0.3, -0.25) is 0 Å². The lowest BCUT2D eigenvalue weighted by atomic mass is 10.4. The number of pyridine rings is 1. The number of rotatable bonds is 4. The van der Waals surface area contributed by atoms with Gasteiger partial charge >= 0.3 is 15.6 Å². The Kier molecular flexibility index (Phi) is 3.81. The van der Waals surface area contributed by atoms with Gasteiger partial charge in [0.15, 0.2) is 0 Å². The minimum Gasteiger partial charge on any atom is -0.492 e. The van der Waals surface area contributed by atoms with Crippen molar-refractivity contribution in [1.82, 2.24) is 4.98 Å². The van der Waals surface area contributed by atoms with Crippen LogP contribution >= 0.6 is 0 Å². The van der Waals surface area contributed by atoms with E-state index in [-0.39, 0.29) is 0 Å². The second kappa shape index (κ2) is 4.78. The molecule has 0 saturated heterocycles. The number of halogens is 3. The van der Waals surface area contributed by atoms with Crippen molar-refractivity contribution >= 4 is 10.1 Å². The second-order valence-corrected chi connectivity index (χ2v) is 4.29. The van der Waals surface area contributed by atoms with E-state index in [0.717, 1.165) is 12.3 Å². The first kappa shape index (κ1) is 13.6. The third kappa shape index (κ3) is 3.48. The highest BCUT2D eigenvalue weighted by molar-refractivity contribution is 7.87. The van der Waals surface area contributed by atoms with Crippen LogP contribution in [0.3, 0.4) is 0 Å². The first-order valence-electron chi connectivity index (χ1n) is 4.36. The largest absolute Gasteiger partial charge is 0.534 e. The Morgan fingerprint density at radius 3 is 2.41 bits per heavy atom. The van der Waals surface area contributed by atoms with E-state index in [1.54, 1.807) is 6.92 Å². The molecule has 0 N–H and O–H groups in total. The smallest absolute Gasteiger partial charge is 0.492 e. The maximum Gasteiger partial charge on any atom is 0.534 e. The molecule has 0 aromatic carbocycles. The van der Waals surface area contributed by atoms with E-state index in [0.29, 0.717) is 12.4 Å². The molecule has 9 heteroatoms. The topological polar surface area (TPSA) is 65.5 Å². The van der Waals surface area contributed by atoms with Crippen LogP contribution in [0.4, 0.5) is 13.2 Å². The first-order chi connectivity index (χ1) is 7.76. The van der Waals surface area contributed by atoms with Gasteiger partial charge in [0, 0.05) is 6.07 Å². The van der Waals surface area contributed by atoms with Gasteiger partial charge in [0.05, 0.1) is 12.8 Å². The molecular formula is C8H8F3NO4S. The molecule has 0 bridgehead atoms. The molecule has 1 aromatic heterocycles. The van der Waals surface area contributed by atoms with Crippen molar-refractivity contribution in [2.75, 3.05) is 6.61 Å². The van der Waals surface area contributed by atoms with Crippen LogP contribution in [0.1, 0.15) is 6.92 Å². The summed E-state index contributed by atoms with van der Waals surface area (Å²) < 4.78 is 65.8. The molecule has 0 aliphatic rings. The second-order valence-electron chi connectivity index (χ2n) is 2.75. The number of hydrogen-bond acceptors (Lipinski definition) is 5. The van der Waals surface area contributed by atoms with Gasteiger partial charge in [-0.1, -0.05) is 0 Å². The van der Waals surface area contributed by atoms with Gasteiger partial charge in [-0.15, -0.1) is 0 Å². The number of hydrogen-bond donors (Lipinski definition) is 0. The molecule has 0 aliphatic carbocycles. The van der Waals surface area contributed by atoms with Crippen molar-refractivity contribution in [2.24, 2.45) is 0 Å². The van der Waals surface area contributed by atoms with Gasteiger partial charge < -0.3 is 8.92 Å². The van der Waals surface area contributed by atoms with Crippen LogP contribution in [0, 0.1) is 0 Å². The van der Waals surface area contributed by atoms with E-state index in [2.05, 4.69) is 9.17 Å². The molecule has 1 aromatic rings. The zero-order valence-corrected chi connectivity index (χ0v) is 9.38. The number of alkyl halides is 3. The minimum atomic E-state index is -5.68. The Morgan fingerprint density at radius 1 is 1.35 bits per heavy atom. The highest BCUT2D eigenvalue weighted by atomic mass is 32.2. The third-order valence-corrected chi connectivity index (χ3v) is 2.46. The van der Waals surface area contributed by atoms with Crippen LogP contribution in [0.25, 0.3) is 0 Å². The van der Waals surface area contributed by atoms with E-state index in [9.17, 15) is 21.6 Å². The molecule has 0 aliphatic heterocycles. The summed E-state index contributed by atoms with van der Waals surface area (Å²) in [5.74, 6) is -0.380. The highest BCUT2D eigenvalue weighted by Gasteiger charge is 2.48. The van der Waals surface area contributed by atoms with Crippen molar-refractivity contribution in [3.63, 3.8) is 0 Å². The molecule has 0 atom stereocenters. The Morgan fingerprint density at radius 2 is 2.00 bits per heavy atom. The van der Waals surface area contributed by atoms with Crippen LogP contribution in [0.5, 0.6) is 11.6 Å². The zero-order chi connectivity index (χ0) is 13.1. The van der Waals surface area contributed by atoms with Crippen LogP contribution < -0.4 is 8.92 Å². The predicted molar refractivity (Wildman–Crippen MR) is 51.0 cm³/mol. The molecule has 96 valence electrons. The van der Waals surface area contributed by atoms with Crippen LogP contribution in [0.2, 0.25) is 0 Å². The SMILES string of the molecule is CCOc1ccc(OS(=O)(=O)C(F)(F)F)nc1. The summed E-state index contributed by atoms with van der Waals surface area (Å²) in [6.45, 7) is 2.06. The molecule has 0 spiro atoms. The quantitative estimate of drug-likeness (QED) is 0.616. The van der Waals surface area contributed by atoms with Gasteiger partial charge in [0.1, 0.15) is 5.75 Å². The summed E-state index contributed by atoms with van der Waals surface area (Å²) >= 11 is 0. The summed E-state index contributed by atoms with van der Waals surface area (Å²) in [6.07, 6.45) is 1.06. The highest BCUT2D eigenvalue weighted by Crippen LogP contribution is 2.26. The Hall–Kier alpha value is -1.51. The van der Waals surface area contributed by atoms with Crippen molar-refractivity contribution in [3.8, 4) is 11.6 Å². The third-order valence-electron chi connectivity index (χ3n) is 1.50. The molecule has 0 unspecified atom stereocenters. The van der Waals surface area contributed by atoms with Crippen LogP contribution in [-0.4, -0.2) is 25.5 Å². The standard InChI is InChI=1S/C8H8F3NO4S/c1-2-15-6-3-4-7(12-5-6)16-17(13,14)8(9,10)11/h3-5H,2H2,1H3. The summed E-state index contributed by atoms with van der Waals surface area (Å²) in [4.78, 5) is 3.37. The number of aromatic nitrogens is 1. The number of ether oxygens (including phenoxy) is 1. The number of nitrogens with zero attached hydrogens (tertiary/aromatic N) is 1. The van der Waals surface area contributed by atoms with E-state index in [4.69, 9.17) is 4.74 Å². The maximum absolute atomic E-state index is 12.0. The van der Waals surface area contributed by atoms with E-state index < -0.39 is 21.5 Å². The Balaban J connectivity index is 2.83. The normalized spacial score (nSPS) is 12.2. The van der Waals surface area contributed by atoms with Gasteiger partial charge in [-0.25, -0.2) is 4.98 Å². The first-order valence-corrected chi connectivity index (χ1v) is 5.76. The monoisotopic (exact) mass is 271 g/mol. The molecule has 0 saturated carbocycles. The average Bonchev–Trinajstić information content (AvgIpc) is 2.19. The maximum atomic E-state index is 12.0. The van der Waals surface area contributed by atoms with Crippen molar-refractivity contribution in [1.29, 1.82) is 0 Å². The lowest BCUT2D eigenvalue weighted by molar-refractivity contribution is -0.0501. The summed E-state index contributed by atoms with van der Waals surface area (Å²) in [5.41, 5.74) is -5.48. The molecular weight excluding hydrogens is 263 g/mol. The van der Waals surface area contributed by atoms with Crippen molar-refractivity contribution in [2.45, 2.75) is 12.4 Å². The molecule has 1 heterocycles. The fourth-order valence-corrected chi connectivity index (χ4v) is 1.25. The molecule has 0 radical (unpaired) electrons. The van der Waals surface area contributed by atoms with Gasteiger partial charge in [0.25, 0.3) is 0 Å². The summed E-state index contributed by atoms with van der Waals surface area (Å²) in [6, 6.07) is 2.21. The lowest BCUT2D eigenvalue weighted by Crippen LogP contribution is -2.28. The van der Waals surface area contributed by atoms with E-state index in [1.807, 2.05) is 0 Å². The zero-order valence-electron chi connectivity index (χ0n) is 8.56. The predicted octanol–water partition coefficient (Wildman–Crippen LogP) is 1.71. The van der Waals surface area contributed by atoms with Gasteiger partial charge in [0.2, 0.25) is 5.88 Å². The Bertz CT molecular complexity index is 469. The molecule has 1 rings (SSSR count). The fraction of sp³-hybridized carbons (Fsp3) is 0.375. The van der Waals surface area contributed by atoms with Gasteiger partial charge in [-0.05, 0) is 13.0 Å². The van der Waals surface area contributed by atoms with Crippen molar-refractivity contribution in [3.05, 3.63) is 18.3 Å².